The van der Waals surface area contributed by atoms with Gasteiger partial charge in [0, 0.05) is 37.0 Å². The van der Waals surface area contributed by atoms with Crippen LogP contribution in [-0.4, -0.2) is 21.8 Å². The molecular formula is C21H20ClN5O. The molecule has 4 rings (SSSR count). The average Bonchev–Trinajstić information content (AvgIpc) is 3.03. The Labute approximate surface area is 168 Å². The number of nitrogens with zero attached hydrogens (tertiary/aromatic N) is 4. The highest BCUT2D eigenvalue weighted by atomic mass is 35.5. The number of carbonyl (C=O) groups is 1. The van der Waals surface area contributed by atoms with Crippen LogP contribution in [0.15, 0.2) is 42.6 Å². The maximum atomic E-state index is 12.3. The molecule has 7 heteroatoms. The number of benzene rings is 1. The minimum absolute atomic E-state index is 0.128. The summed E-state index contributed by atoms with van der Waals surface area (Å²) in [6.45, 7) is 1.14. The lowest BCUT2D eigenvalue weighted by molar-refractivity contribution is -0.118. The van der Waals surface area contributed by atoms with Gasteiger partial charge in [-0.05, 0) is 48.7 Å². The standard InChI is InChI=1S/C21H20ClN5O/c22-21-18(26-11-3-1-5-19(26)25-21)14-24-16-7-8-17-15(13-16)6-9-20(28)27(17)12-4-2-10-23/h1,3,5,7-8,11,13,24H,2,4,6,9,12,14H2. The second kappa shape index (κ2) is 7.91. The predicted octanol–water partition coefficient (Wildman–Crippen LogP) is 4.18. The van der Waals surface area contributed by atoms with Crippen molar-refractivity contribution in [3.63, 3.8) is 0 Å². The van der Waals surface area contributed by atoms with E-state index in [2.05, 4.69) is 22.4 Å². The van der Waals surface area contributed by atoms with Crippen LogP contribution in [0.1, 0.15) is 30.5 Å². The van der Waals surface area contributed by atoms with Crippen molar-refractivity contribution in [3.8, 4) is 6.07 Å². The van der Waals surface area contributed by atoms with E-state index >= 15 is 0 Å². The van der Waals surface area contributed by atoms with Crippen molar-refractivity contribution in [1.29, 1.82) is 5.26 Å². The van der Waals surface area contributed by atoms with Crippen molar-refractivity contribution < 1.29 is 4.79 Å². The van der Waals surface area contributed by atoms with E-state index in [1.54, 1.807) is 4.90 Å². The fraction of sp³-hybridized carbons (Fsp3) is 0.286. The van der Waals surface area contributed by atoms with Gasteiger partial charge in [-0.2, -0.15) is 5.26 Å². The number of fused-ring (bicyclic) bond motifs is 2. The van der Waals surface area contributed by atoms with Gasteiger partial charge in [-0.15, -0.1) is 0 Å². The summed E-state index contributed by atoms with van der Waals surface area (Å²) in [5, 5.41) is 12.6. The fourth-order valence-corrected chi connectivity index (χ4v) is 3.84. The van der Waals surface area contributed by atoms with Crippen LogP contribution in [0.4, 0.5) is 11.4 Å². The monoisotopic (exact) mass is 393 g/mol. The van der Waals surface area contributed by atoms with Crippen LogP contribution in [0.5, 0.6) is 0 Å². The number of unbranched alkanes of at least 4 members (excludes halogenated alkanes) is 1. The van der Waals surface area contributed by atoms with Crippen LogP contribution in [0.25, 0.3) is 5.65 Å². The van der Waals surface area contributed by atoms with E-state index in [1.807, 2.05) is 40.9 Å². The number of aryl methyl sites for hydroxylation is 1. The zero-order valence-electron chi connectivity index (χ0n) is 15.4. The number of carbonyl (C=O) groups excluding carboxylic acids is 1. The van der Waals surface area contributed by atoms with Crippen LogP contribution in [0, 0.1) is 11.3 Å². The molecule has 0 fully saturated rings. The Hall–Kier alpha value is -3.04. The normalized spacial score (nSPS) is 13.4. The number of halogens is 1. The molecule has 3 aromatic rings. The van der Waals surface area contributed by atoms with Gasteiger partial charge >= 0.3 is 0 Å². The molecule has 1 aromatic carbocycles. The number of imidazole rings is 1. The third-order valence-corrected chi connectivity index (χ3v) is 5.29. The number of pyridine rings is 1. The molecule has 2 aromatic heterocycles. The summed E-state index contributed by atoms with van der Waals surface area (Å²) in [5.41, 5.74) is 4.80. The highest BCUT2D eigenvalue weighted by molar-refractivity contribution is 6.30. The average molecular weight is 394 g/mol. The predicted molar refractivity (Wildman–Crippen MR) is 109 cm³/mol. The summed E-state index contributed by atoms with van der Waals surface area (Å²) in [6.07, 6.45) is 4.33. The third kappa shape index (κ3) is 3.54. The Morgan fingerprint density at radius 1 is 1.25 bits per heavy atom. The molecule has 28 heavy (non-hydrogen) atoms. The molecule has 0 bridgehead atoms. The van der Waals surface area contributed by atoms with Crippen molar-refractivity contribution in [2.45, 2.75) is 32.2 Å². The second-order valence-corrected chi connectivity index (χ2v) is 7.14. The van der Waals surface area contributed by atoms with Crippen LogP contribution in [0.3, 0.4) is 0 Å². The Bertz CT molecular complexity index is 1070. The molecule has 0 radical (unpaired) electrons. The van der Waals surface area contributed by atoms with Crippen LogP contribution in [-0.2, 0) is 17.8 Å². The maximum Gasteiger partial charge on any atom is 0.227 e. The minimum atomic E-state index is 0.128. The van der Waals surface area contributed by atoms with Crippen molar-refractivity contribution in [2.75, 3.05) is 16.8 Å². The SMILES string of the molecule is N#CCCCN1C(=O)CCc2cc(NCc3c(Cl)nc4ccccn34)ccc21. The lowest BCUT2D eigenvalue weighted by atomic mass is 10.00. The van der Waals surface area contributed by atoms with E-state index in [9.17, 15) is 4.79 Å². The van der Waals surface area contributed by atoms with Gasteiger partial charge in [0.2, 0.25) is 5.91 Å². The number of aromatic nitrogens is 2. The lowest BCUT2D eigenvalue weighted by Crippen LogP contribution is -2.35. The van der Waals surface area contributed by atoms with Gasteiger partial charge in [0.05, 0.1) is 18.3 Å². The van der Waals surface area contributed by atoms with Gasteiger partial charge < -0.3 is 14.6 Å². The molecule has 1 aliphatic heterocycles. The van der Waals surface area contributed by atoms with Crippen molar-refractivity contribution in [3.05, 3.63) is 59.0 Å². The number of hydrogen-bond acceptors (Lipinski definition) is 4. The van der Waals surface area contributed by atoms with Gasteiger partial charge in [0.25, 0.3) is 0 Å². The fourth-order valence-electron chi connectivity index (χ4n) is 3.59. The smallest absolute Gasteiger partial charge is 0.227 e. The van der Waals surface area contributed by atoms with Crippen molar-refractivity contribution >= 4 is 34.5 Å². The molecule has 1 aliphatic rings. The van der Waals surface area contributed by atoms with Crippen LogP contribution >= 0.6 is 11.6 Å². The highest BCUT2D eigenvalue weighted by Gasteiger charge is 2.23. The molecule has 3 heterocycles. The van der Waals surface area contributed by atoms with Crippen molar-refractivity contribution in [1.82, 2.24) is 9.38 Å². The van der Waals surface area contributed by atoms with Gasteiger partial charge in [-0.3, -0.25) is 4.79 Å². The Kier molecular flexibility index (Phi) is 5.18. The molecule has 0 saturated heterocycles. The molecule has 0 spiro atoms. The molecule has 0 atom stereocenters. The van der Waals surface area contributed by atoms with Crippen LogP contribution in [0.2, 0.25) is 5.15 Å². The molecule has 1 N–H and O–H groups in total. The van der Waals surface area contributed by atoms with E-state index in [1.165, 1.54) is 0 Å². The first kappa shape index (κ1) is 18.3. The molecule has 0 saturated carbocycles. The van der Waals surface area contributed by atoms with Gasteiger partial charge in [0.15, 0.2) is 5.15 Å². The summed E-state index contributed by atoms with van der Waals surface area (Å²) < 4.78 is 1.98. The quantitative estimate of drug-likeness (QED) is 0.637. The van der Waals surface area contributed by atoms with Gasteiger partial charge in [-0.1, -0.05) is 17.7 Å². The molecule has 6 nitrogen and oxygen atoms in total. The second-order valence-electron chi connectivity index (χ2n) is 6.78. The van der Waals surface area contributed by atoms with Crippen molar-refractivity contribution in [2.24, 2.45) is 0 Å². The minimum Gasteiger partial charge on any atom is -0.379 e. The van der Waals surface area contributed by atoms with Gasteiger partial charge in [0.1, 0.15) is 5.65 Å². The number of hydrogen-bond donors (Lipinski definition) is 1. The molecule has 142 valence electrons. The van der Waals surface area contributed by atoms with E-state index < -0.39 is 0 Å². The summed E-state index contributed by atoms with van der Waals surface area (Å²) in [5.74, 6) is 0.128. The van der Waals surface area contributed by atoms with Crippen LogP contribution < -0.4 is 10.2 Å². The Morgan fingerprint density at radius 2 is 2.14 bits per heavy atom. The van der Waals surface area contributed by atoms with E-state index in [-0.39, 0.29) is 5.91 Å². The molecule has 0 aliphatic carbocycles. The van der Waals surface area contributed by atoms with Gasteiger partial charge in [-0.25, -0.2) is 4.98 Å². The molecular weight excluding hydrogens is 374 g/mol. The zero-order valence-corrected chi connectivity index (χ0v) is 16.1. The summed E-state index contributed by atoms with van der Waals surface area (Å²) >= 11 is 6.31. The molecule has 0 unspecified atom stereocenters. The number of rotatable bonds is 6. The number of anilines is 2. The van der Waals surface area contributed by atoms with E-state index in [0.717, 1.165) is 34.7 Å². The topological polar surface area (TPSA) is 73.4 Å². The summed E-state index contributed by atoms with van der Waals surface area (Å²) in [6, 6.07) is 14.0. The number of nitrogens with one attached hydrogen (secondary N) is 1. The Balaban J connectivity index is 1.52. The first-order valence-electron chi connectivity index (χ1n) is 9.33. The first-order valence-corrected chi connectivity index (χ1v) is 9.71. The Morgan fingerprint density at radius 3 is 3.00 bits per heavy atom. The lowest BCUT2D eigenvalue weighted by Gasteiger charge is -2.29. The van der Waals surface area contributed by atoms with E-state index in [4.69, 9.17) is 16.9 Å². The largest absolute Gasteiger partial charge is 0.379 e. The highest BCUT2D eigenvalue weighted by Crippen LogP contribution is 2.31. The molecule has 1 amide bonds. The van der Waals surface area contributed by atoms with E-state index in [0.29, 0.717) is 37.5 Å². The summed E-state index contributed by atoms with van der Waals surface area (Å²) in [7, 11) is 0. The number of amides is 1. The summed E-state index contributed by atoms with van der Waals surface area (Å²) in [4.78, 5) is 18.5. The number of nitriles is 1. The maximum absolute atomic E-state index is 12.3. The third-order valence-electron chi connectivity index (χ3n) is 4.99. The first-order chi connectivity index (χ1) is 13.7. The zero-order chi connectivity index (χ0) is 19.5.